The minimum atomic E-state index is -0.254. The first-order chi connectivity index (χ1) is 6.99. The van der Waals surface area contributed by atoms with E-state index in [1.165, 1.54) is 0 Å². The van der Waals surface area contributed by atoms with Gasteiger partial charge < -0.3 is 10.2 Å². The third-order valence-corrected chi connectivity index (χ3v) is 2.87. The van der Waals surface area contributed by atoms with E-state index in [0.717, 1.165) is 32.7 Å². The Morgan fingerprint density at radius 3 is 2.20 bits per heavy atom. The molecule has 3 atom stereocenters. The second kappa shape index (κ2) is 5.80. The first-order valence-electron chi connectivity index (χ1n) is 5.81. The fourth-order valence-electron chi connectivity index (χ4n) is 2.22. The van der Waals surface area contributed by atoms with Crippen molar-refractivity contribution >= 4 is 0 Å². The van der Waals surface area contributed by atoms with Gasteiger partial charge in [0.15, 0.2) is 0 Å². The Bertz CT molecular complexity index is 185. The molecule has 0 amide bonds. The van der Waals surface area contributed by atoms with Crippen LogP contribution in [0.3, 0.4) is 0 Å². The van der Waals surface area contributed by atoms with Gasteiger partial charge in [0.25, 0.3) is 0 Å². The molecule has 0 aromatic rings. The van der Waals surface area contributed by atoms with Gasteiger partial charge in [-0.25, -0.2) is 0 Å². The Morgan fingerprint density at radius 2 is 1.73 bits per heavy atom. The summed E-state index contributed by atoms with van der Waals surface area (Å²) in [7, 11) is 0. The lowest BCUT2D eigenvalue weighted by Gasteiger charge is -2.40. The first-order valence-corrected chi connectivity index (χ1v) is 5.81. The lowest BCUT2D eigenvalue weighted by atomic mass is 10.1. The van der Waals surface area contributed by atoms with Gasteiger partial charge in [0.05, 0.1) is 12.2 Å². The molecule has 0 saturated carbocycles. The van der Waals surface area contributed by atoms with Gasteiger partial charge in [-0.05, 0) is 20.8 Å². The highest BCUT2D eigenvalue weighted by Crippen LogP contribution is 2.10. The van der Waals surface area contributed by atoms with Crippen molar-refractivity contribution in [3.63, 3.8) is 0 Å². The Morgan fingerprint density at radius 1 is 1.13 bits per heavy atom. The second-order valence-corrected chi connectivity index (χ2v) is 4.80. The summed E-state index contributed by atoms with van der Waals surface area (Å²) in [5.41, 5.74) is 0. The van der Waals surface area contributed by atoms with Crippen molar-refractivity contribution in [3.05, 3.63) is 0 Å². The predicted octanol–water partition coefficient (Wildman–Crippen LogP) is -0.246. The number of hydrogen-bond acceptors (Lipinski definition) is 4. The Kier molecular flexibility index (Phi) is 4.99. The zero-order valence-electron chi connectivity index (χ0n) is 10.1. The lowest BCUT2D eigenvalue weighted by Crippen LogP contribution is -2.54. The van der Waals surface area contributed by atoms with Gasteiger partial charge in [-0.15, -0.1) is 0 Å². The number of nitrogens with zero attached hydrogens (tertiary/aromatic N) is 2. The van der Waals surface area contributed by atoms with Crippen LogP contribution in [0.5, 0.6) is 0 Å². The van der Waals surface area contributed by atoms with Gasteiger partial charge in [0.1, 0.15) is 0 Å². The number of aliphatic hydroxyl groups excluding tert-OH is 2. The van der Waals surface area contributed by atoms with E-state index in [1.54, 1.807) is 0 Å². The van der Waals surface area contributed by atoms with Gasteiger partial charge >= 0.3 is 0 Å². The normalized spacial score (nSPS) is 29.0. The molecule has 1 aliphatic heterocycles. The predicted molar refractivity (Wildman–Crippen MR) is 60.8 cm³/mol. The Labute approximate surface area is 92.5 Å². The van der Waals surface area contributed by atoms with Crippen LogP contribution in [0.15, 0.2) is 0 Å². The summed E-state index contributed by atoms with van der Waals surface area (Å²) in [5, 5.41) is 18.6. The van der Waals surface area contributed by atoms with Crippen molar-refractivity contribution < 1.29 is 10.2 Å². The monoisotopic (exact) mass is 216 g/mol. The second-order valence-electron chi connectivity index (χ2n) is 4.80. The lowest BCUT2D eigenvalue weighted by molar-refractivity contribution is 0.0276. The van der Waals surface area contributed by atoms with Crippen molar-refractivity contribution in [2.75, 3.05) is 32.7 Å². The van der Waals surface area contributed by atoms with Crippen molar-refractivity contribution in [1.82, 2.24) is 9.80 Å². The number of aliphatic hydroxyl groups is 2. The van der Waals surface area contributed by atoms with Gasteiger partial charge in [-0.2, -0.15) is 0 Å². The largest absolute Gasteiger partial charge is 0.392 e. The molecule has 0 bridgehead atoms. The fourth-order valence-corrected chi connectivity index (χ4v) is 2.22. The SMILES string of the molecule is C[C@@H]1CN(C[C@@H](C)O)CCN1C[C@@H](C)O. The minimum absolute atomic E-state index is 0.250. The Hall–Kier alpha value is -0.160. The topological polar surface area (TPSA) is 46.9 Å². The van der Waals surface area contributed by atoms with E-state index in [1.807, 2.05) is 13.8 Å². The third kappa shape index (κ3) is 4.47. The van der Waals surface area contributed by atoms with E-state index in [0.29, 0.717) is 6.04 Å². The van der Waals surface area contributed by atoms with E-state index in [2.05, 4.69) is 16.7 Å². The summed E-state index contributed by atoms with van der Waals surface area (Å²) >= 11 is 0. The highest BCUT2D eigenvalue weighted by Gasteiger charge is 2.24. The average molecular weight is 216 g/mol. The van der Waals surface area contributed by atoms with Crippen LogP contribution in [0.1, 0.15) is 20.8 Å². The van der Waals surface area contributed by atoms with Gasteiger partial charge in [-0.1, -0.05) is 0 Å². The van der Waals surface area contributed by atoms with E-state index < -0.39 is 0 Å². The molecule has 90 valence electrons. The molecule has 15 heavy (non-hydrogen) atoms. The molecule has 0 aromatic heterocycles. The van der Waals surface area contributed by atoms with Crippen molar-refractivity contribution in [3.8, 4) is 0 Å². The average Bonchev–Trinajstić information content (AvgIpc) is 2.08. The van der Waals surface area contributed by atoms with E-state index in [-0.39, 0.29) is 12.2 Å². The molecule has 1 aliphatic rings. The molecule has 0 radical (unpaired) electrons. The standard InChI is InChI=1S/C11H24N2O2/c1-9-6-12(7-10(2)14)4-5-13(9)8-11(3)15/h9-11,14-15H,4-8H2,1-3H3/t9-,10-,11-/m1/s1. The third-order valence-electron chi connectivity index (χ3n) is 2.87. The quantitative estimate of drug-likeness (QED) is 0.680. The molecule has 1 rings (SSSR count). The molecular formula is C11H24N2O2. The van der Waals surface area contributed by atoms with Crippen LogP contribution in [-0.4, -0.2) is 71.0 Å². The highest BCUT2D eigenvalue weighted by atomic mass is 16.3. The molecule has 4 heteroatoms. The molecule has 0 spiro atoms. The van der Waals surface area contributed by atoms with Crippen LogP contribution in [0.4, 0.5) is 0 Å². The van der Waals surface area contributed by atoms with Crippen LogP contribution >= 0.6 is 0 Å². The van der Waals surface area contributed by atoms with Crippen LogP contribution in [0.25, 0.3) is 0 Å². The smallest absolute Gasteiger partial charge is 0.0639 e. The van der Waals surface area contributed by atoms with E-state index >= 15 is 0 Å². The van der Waals surface area contributed by atoms with Crippen LogP contribution in [0.2, 0.25) is 0 Å². The molecular weight excluding hydrogens is 192 g/mol. The number of piperazine rings is 1. The molecule has 1 fully saturated rings. The zero-order chi connectivity index (χ0) is 11.4. The Balaban J connectivity index is 2.34. The first kappa shape index (κ1) is 12.9. The molecule has 4 nitrogen and oxygen atoms in total. The molecule has 1 saturated heterocycles. The van der Waals surface area contributed by atoms with Gasteiger partial charge in [-0.3, -0.25) is 9.80 Å². The van der Waals surface area contributed by atoms with Crippen LogP contribution in [0, 0.1) is 0 Å². The van der Waals surface area contributed by atoms with Crippen LogP contribution < -0.4 is 0 Å². The number of β-amino-alcohol motifs (C(OH)–C–C–N with tert-alkyl or cyclic N) is 2. The number of hydrogen-bond donors (Lipinski definition) is 2. The van der Waals surface area contributed by atoms with Crippen molar-refractivity contribution in [2.24, 2.45) is 0 Å². The summed E-state index contributed by atoms with van der Waals surface area (Å²) < 4.78 is 0. The molecule has 1 heterocycles. The number of rotatable bonds is 4. The maximum absolute atomic E-state index is 9.34. The molecule has 0 aliphatic carbocycles. The van der Waals surface area contributed by atoms with Crippen LogP contribution in [-0.2, 0) is 0 Å². The van der Waals surface area contributed by atoms with Gasteiger partial charge in [0.2, 0.25) is 0 Å². The van der Waals surface area contributed by atoms with Crippen molar-refractivity contribution in [2.45, 2.75) is 39.0 Å². The maximum atomic E-state index is 9.34. The fraction of sp³-hybridized carbons (Fsp3) is 1.00. The summed E-state index contributed by atoms with van der Waals surface area (Å²) in [6.07, 6.45) is -0.503. The maximum Gasteiger partial charge on any atom is 0.0639 e. The van der Waals surface area contributed by atoms with Gasteiger partial charge in [0, 0.05) is 38.8 Å². The van der Waals surface area contributed by atoms with Crippen molar-refractivity contribution in [1.29, 1.82) is 0 Å². The highest BCUT2D eigenvalue weighted by molar-refractivity contribution is 4.80. The summed E-state index contributed by atoms with van der Waals surface area (Å²) in [6, 6.07) is 0.465. The summed E-state index contributed by atoms with van der Waals surface area (Å²) in [5.74, 6) is 0. The summed E-state index contributed by atoms with van der Waals surface area (Å²) in [4.78, 5) is 4.59. The van der Waals surface area contributed by atoms with E-state index in [9.17, 15) is 10.2 Å². The molecule has 0 unspecified atom stereocenters. The molecule has 2 N–H and O–H groups in total. The summed E-state index contributed by atoms with van der Waals surface area (Å²) in [6.45, 7) is 10.3. The minimum Gasteiger partial charge on any atom is -0.392 e. The van der Waals surface area contributed by atoms with E-state index in [4.69, 9.17) is 0 Å². The zero-order valence-corrected chi connectivity index (χ0v) is 10.1. The molecule has 0 aromatic carbocycles.